The van der Waals surface area contributed by atoms with Crippen LogP contribution in [-0.2, 0) is 28.8 Å². The normalized spacial score (nSPS) is 18.5. The molecule has 1 aliphatic heterocycles. The van der Waals surface area contributed by atoms with Crippen LogP contribution in [0.5, 0.6) is 0 Å². The van der Waals surface area contributed by atoms with Crippen molar-refractivity contribution in [1.82, 2.24) is 15.5 Å². The monoisotopic (exact) mass is 446 g/mol. The molecule has 1 fully saturated rings. The molecule has 14 heteroatoms. The van der Waals surface area contributed by atoms with Crippen LogP contribution in [0.2, 0.25) is 0 Å². The number of carbonyl (C=O) groups excluding carboxylic acids is 3. The third-order valence-electron chi connectivity index (χ3n) is 4.63. The number of nitrogens with one attached hydrogen (secondary N) is 2. The summed E-state index contributed by atoms with van der Waals surface area (Å²) in [5.41, 5.74) is 5.42. The van der Waals surface area contributed by atoms with Crippen molar-refractivity contribution < 1.29 is 49.2 Å². The number of carbonyl (C=O) groups is 6. The molecular formula is C17H26N4O10. The second-order valence-corrected chi connectivity index (χ2v) is 6.97. The number of amides is 3. The number of nitrogens with two attached hydrogens (primary N) is 1. The molecule has 0 aromatic heterocycles. The number of likely N-dealkylation sites (tertiary alicyclic amines) is 1. The van der Waals surface area contributed by atoms with E-state index in [1.807, 2.05) is 0 Å². The molecular weight excluding hydrogens is 420 g/mol. The number of nitrogens with zero attached hydrogens (tertiary/aromatic N) is 1. The van der Waals surface area contributed by atoms with Gasteiger partial charge in [-0.15, -0.1) is 0 Å². The smallest absolute Gasteiger partial charge is 0.326 e. The van der Waals surface area contributed by atoms with Gasteiger partial charge in [0.25, 0.3) is 0 Å². The van der Waals surface area contributed by atoms with E-state index in [1.165, 1.54) is 0 Å². The number of carboxylic acid groups (broad SMARTS) is 3. The zero-order valence-electron chi connectivity index (χ0n) is 16.5. The second-order valence-electron chi connectivity index (χ2n) is 6.97. The predicted octanol–water partition coefficient (Wildman–Crippen LogP) is -3.31. The summed E-state index contributed by atoms with van der Waals surface area (Å²) >= 11 is 0. The van der Waals surface area contributed by atoms with Gasteiger partial charge in [0.2, 0.25) is 17.7 Å². The third-order valence-corrected chi connectivity index (χ3v) is 4.63. The highest BCUT2D eigenvalue weighted by molar-refractivity contribution is 5.95. The molecule has 3 amide bonds. The van der Waals surface area contributed by atoms with Crippen molar-refractivity contribution in [3.05, 3.63) is 0 Å². The molecule has 31 heavy (non-hydrogen) atoms. The Morgan fingerprint density at radius 2 is 1.65 bits per heavy atom. The first-order chi connectivity index (χ1) is 14.5. The van der Waals surface area contributed by atoms with Crippen molar-refractivity contribution >= 4 is 35.6 Å². The molecule has 1 rings (SSSR count). The van der Waals surface area contributed by atoms with Gasteiger partial charge in [0.05, 0.1) is 19.1 Å². The SMILES string of the molecule is N[C@@H](CC(=O)O)C(=O)N[C@@H](CO)C(=O)N1CCC[C@H]1C(=O)N[C@@H](CCC(=O)O)C(=O)O. The summed E-state index contributed by atoms with van der Waals surface area (Å²) in [6, 6.07) is -5.49. The lowest BCUT2D eigenvalue weighted by molar-refractivity contribution is -0.145. The number of aliphatic hydroxyl groups is 1. The maximum Gasteiger partial charge on any atom is 0.326 e. The van der Waals surface area contributed by atoms with E-state index in [2.05, 4.69) is 10.6 Å². The Morgan fingerprint density at radius 1 is 1.00 bits per heavy atom. The summed E-state index contributed by atoms with van der Waals surface area (Å²) in [4.78, 5) is 70.9. The minimum absolute atomic E-state index is 0.0946. The lowest BCUT2D eigenvalue weighted by Crippen LogP contribution is -2.58. The van der Waals surface area contributed by atoms with Crippen molar-refractivity contribution in [2.24, 2.45) is 5.73 Å². The van der Waals surface area contributed by atoms with Gasteiger partial charge in [-0.05, 0) is 19.3 Å². The van der Waals surface area contributed by atoms with Crippen LogP contribution in [0.25, 0.3) is 0 Å². The molecule has 0 saturated carbocycles. The van der Waals surface area contributed by atoms with Crippen LogP contribution in [0.4, 0.5) is 0 Å². The highest BCUT2D eigenvalue weighted by Gasteiger charge is 2.39. The van der Waals surface area contributed by atoms with Crippen molar-refractivity contribution in [3.63, 3.8) is 0 Å². The lowest BCUT2D eigenvalue weighted by atomic mass is 10.1. The topological polar surface area (TPSA) is 237 Å². The first-order valence-corrected chi connectivity index (χ1v) is 9.42. The number of rotatable bonds is 12. The van der Waals surface area contributed by atoms with Crippen LogP contribution in [-0.4, -0.2) is 98.3 Å². The summed E-state index contributed by atoms with van der Waals surface area (Å²) in [5, 5.41) is 40.4. The van der Waals surface area contributed by atoms with Crippen LogP contribution in [0.3, 0.4) is 0 Å². The molecule has 174 valence electrons. The van der Waals surface area contributed by atoms with E-state index in [4.69, 9.17) is 15.9 Å². The maximum atomic E-state index is 12.7. The van der Waals surface area contributed by atoms with Gasteiger partial charge in [-0.1, -0.05) is 0 Å². The van der Waals surface area contributed by atoms with Gasteiger partial charge in [0.15, 0.2) is 0 Å². The molecule has 0 radical (unpaired) electrons. The fraction of sp³-hybridized carbons (Fsp3) is 0.647. The third kappa shape index (κ3) is 7.82. The van der Waals surface area contributed by atoms with E-state index in [1.54, 1.807) is 0 Å². The van der Waals surface area contributed by atoms with E-state index in [0.29, 0.717) is 6.42 Å². The number of hydrogen-bond acceptors (Lipinski definition) is 8. The molecule has 0 aromatic rings. The Kier molecular flexibility index (Phi) is 9.82. The van der Waals surface area contributed by atoms with E-state index in [0.717, 1.165) is 4.90 Å². The number of hydrogen-bond donors (Lipinski definition) is 7. The number of aliphatic hydroxyl groups excluding tert-OH is 1. The van der Waals surface area contributed by atoms with E-state index < -0.39 is 79.2 Å². The highest BCUT2D eigenvalue weighted by atomic mass is 16.4. The van der Waals surface area contributed by atoms with Gasteiger partial charge in [-0.2, -0.15) is 0 Å². The molecule has 0 aliphatic carbocycles. The number of carboxylic acids is 3. The van der Waals surface area contributed by atoms with Crippen molar-refractivity contribution in [1.29, 1.82) is 0 Å². The quantitative estimate of drug-likeness (QED) is 0.157. The van der Waals surface area contributed by atoms with Crippen LogP contribution in [0.1, 0.15) is 32.1 Å². The molecule has 1 aliphatic rings. The molecule has 0 aromatic carbocycles. The largest absolute Gasteiger partial charge is 0.481 e. The van der Waals surface area contributed by atoms with Gasteiger partial charge >= 0.3 is 17.9 Å². The molecule has 8 N–H and O–H groups in total. The summed E-state index contributed by atoms with van der Waals surface area (Å²) in [6.45, 7) is -0.747. The minimum atomic E-state index is -1.48. The maximum absolute atomic E-state index is 12.7. The molecule has 0 spiro atoms. The summed E-state index contributed by atoms with van der Waals surface area (Å²) < 4.78 is 0. The molecule has 1 heterocycles. The zero-order valence-corrected chi connectivity index (χ0v) is 16.5. The first kappa shape index (κ1) is 25.8. The Hall–Kier alpha value is -3.26. The summed E-state index contributed by atoms with van der Waals surface area (Å²) in [5.74, 6) is -6.61. The fourth-order valence-electron chi connectivity index (χ4n) is 3.04. The molecule has 14 nitrogen and oxygen atoms in total. The minimum Gasteiger partial charge on any atom is -0.481 e. The van der Waals surface area contributed by atoms with Crippen molar-refractivity contribution in [2.45, 2.75) is 56.3 Å². The zero-order chi connectivity index (χ0) is 23.7. The predicted molar refractivity (Wildman–Crippen MR) is 100 cm³/mol. The summed E-state index contributed by atoms with van der Waals surface area (Å²) in [7, 11) is 0. The van der Waals surface area contributed by atoms with Gasteiger partial charge in [0, 0.05) is 13.0 Å². The van der Waals surface area contributed by atoms with E-state index in [9.17, 15) is 39.0 Å². The molecule has 0 bridgehead atoms. The van der Waals surface area contributed by atoms with Gasteiger partial charge in [-0.3, -0.25) is 24.0 Å². The van der Waals surface area contributed by atoms with E-state index >= 15 is 0 Å². The summed E-state index contributed by atoms with van der Waals surface area (Å²) in [6.07, 6.45) is -0.956. The fourth-order valence-corrected chi connectivity index (χ4v) is 3.04. The van der Waals surface area contributed by atoms with Crippen LogP contribution in [0, 0.1) is 0 Å². The average molecular weight is 446 g/mol. The van der Waals surface area contributed by atoms with Crippen LogP contribution >= 0.6 is 0 Å². The Labute approximate surface area is 176 Å². The van der Waals surface area contributed by atoms with Crippen molar-refractivity contribution in [2.75, 3.05) is 13.2 Å². The average Bonchev–Trinajstić information content (AvgIpc) is 3.17. The lowest BCUT2D eigenvalue weighted by Gasteiger charge is -2.29. The van der Waals surface area contributed by atoms with Gasteiger partial charge in [-0.25, -0.2) is 4.79 Å². The van der Waals surface area contributed by atoms with E-state index in [-0.39, 0.29) is 19.4 Å². The second kappa shape index (κ2) is 11.8. The molecule has 4 atom stereocenters. The molecule has 0 unspecified atom stereocenters. The van der Waals surface area contributed by atoms with Crippen LogP contribution < -0.4 is 16.4 Å². The Morgan fingerprint density at radius 3 is 2.16 bits per heavy atom. The van der Waals surface area contributed by atoms with Crippen molar-refractivity contribution in [3.8, 4) is 0 Å². The number of aliphatic carboxylic acids is 3. The standard InChI is InChI=1S/C17H26N4O10/c18-8(6-13(25)26)14(27)20-10(7-22)16(29)21-5-1-2-11(21)15(28)19-9(17(30)31)3-4-12(23)24/h8-11,22H,1-7,18H2,(H,19,28)(H,20,27)(H,23,24)(H,25,26)(H,30,31)/t8-,9-,10-,11-/m0/s1. The molecule has 1 saturated heterocycles. The first-order valence-electron chi connectivity index (χ1n) is 9.42. The highest BCUT2D eigenvalue weighted by Crippen LogP contribution is 2.19. The van der Waals surface area contributed by atoms with Crippen LogP contribution in [0.15, 0.2) is 0 Å². The van der Waals surface area contributed by atoms with Gasteiger partial charge in [0.1, 0.15) is 18.1 Å². The van der Waals surface area contributed by atoms with Gasteiger partial charge < -0.3 is 41.7 Å². The Bertz CT molecular complexity index is 728. The Balaban J connectivity index is 2.82.